The fraction of sp³-hybridized carbons (Fsp3) is 0.118. The number of ether oxygens (including phenoxy) is 1. The molecular weight excluding hydrogens is 1110 g/mol. The van der Waals surface area contributed by atoms with Gasteiger partial charge in [0.25, 0.3) is 0 Å². The number of imidazole rings is 1. The average molecular weight is 1180 g/mol. The van der Waals surface area contributed by atoms with Gasteiger partial charge in [-0.3, -0.25) is 0 Å². The minimum atomic E-state index is -2.22. The molecule has 0 fully saturated rings. The van der Waals surface area contributed by atoms with Gasteiger partial charge in [0.15, 0.2) is 0 Å². The molecule has 8 heteroatoms. The number of nitrogens with zero attached hydrogens (tertiary/aromatic N) is 5. The molecular formula is C68H56BN5OPt. The molecule has 76 heavy (non-hydrogen) atoms. The van der Waals surface area contributed by atoms with E-state index in [1.165, 1.54) is 0 Å². The van der Waals surface area contributed by atoms with Gasteiger partial charge in [-0.2, -0.15) is 0 Å². The molecule has 1 aliphatic rings. The summed E-state index contributed by atoms with van der Waals surface area (Å²) in [5.74, 6) is -0.418. The molecule has 0 amide bonds. The Morgan fingerprint density at radius 1 is 0.618 bits per heavy atom. The molecule has 4 heterocycles. The van der Waals surface area contributed by atoms with E-state index in [4.69, 9.17) is 17.9 Å². The molecule has 1 aliphatic heterocycles. The van der Waals surface area contributed by atoms with Gasteiger partial charge in [0.05, 0.1) is 1.37 Å². The molecule has 0 saturated carbocycles. The summed E-state index contributed by atoms with van der Waals surface area (Å²) in [7, 11) is 0. The van der Waals surface area contributed by atoms with Crippen LogP contribution in [0.15, 0.2) is 230 Å². The molecule has 0 spiro atoms. The summed E-state index contributed by atoms with van der Waals surface area (Å²) in [6, 6.07) is 49.7. The molecule has 372 valence electrons. The van der Waals surface area contributed by atoms with Gasteiger partial charge >= 0.3 is 390 Å². The van der Waals surface area contributed by atoms with E-state index in [9.17, 15) is 8.22 Å². The standard InChI is InChI=1S/C68H56BN5O.Pt/c1-46(2)42-50-43-63(73-62-37-21-33-58-57-30-15-16-34-59(57)74(66(58)62)69(73)52-26-13-8-14-27-52)70-67(64(50)49-24-11-7-12-25-49)75-54-29-19-28-53(44-54)71-45-72(61-36-18-17-35-60(61)71)65-55(47-22-9-6-10-23-47)31-20-32-56(65)48-38-40-51(41-39-48)68(3,4)5;/h6-41,43-44,46H,42H2,1-5H3;/i6D,7D,9D,10D,11D,12D,22D,23D,24D,25D,42D2;. The van der Waals surface area contributed by atoms with E-state index in [1.807, 2.05) is 118 Å². The Kier molecular flexibility index (Phi) is 9.04. The Hall–Kier alpha value is -8.25. The van der Waals surface area contributed by atoms with E-state index in [1.54, 1.807) is 44.2 Å². The average Bonchev–Trinajstić information content (AvgIpc) is 1.52. The Balaban J connectivity index is 1.06. The van der Waals surface area contributed by atoms with Crippen molar-refractivity contribution in [3.05, 3.63) is 245 Å². The molecule has 0 radical (unpaired) electrons. The molecule has 12 aromatic rings. The van der Waals surface area contributed by atoms with E-state index >= 15 is 0 Å². The third kappa shape index (κ3) is 8.17. The van der Waals surface area contributed by atoms with Crippen LogP contribution in [-0.4, -0.2) is 25.6 Å². The first-order valence-corrected chi connectivity index (χ1v) is 26.4. The number of para-hydroxylation sites is 5. The maximum absolute atomic E-state index is 9.98. The molecule has 3 aromatic heterocycles. The van der Waals surface area contributed by atoms with Crippen LogP contribution in [0.4, 0.5) is 11.5 Å². The van der Waals surface area contributed by atoms with Crippen LogP contribution in [0, 0.1) is 9.72 Å². The number of aromatic nitrogens is 4. The van der Waals surface area contributed by atoms with Gasteiger partial charge in [-0.25, -0.2) is 0 Å². The summed E-state index contributed by atoms with van der Waals surface area (Å²) in [5, 5.41) is 2.07. The molecule has 0 N–H and O–H groups in total. The van der Waals surface area contributed by atoms with Crippen molar-refractivity contribution in [2.24, 2.45) is 5.92 Å². The minimum absolute atomic E-state index is 0.00586. The van der Waals surface area contributed by atoms with Crippen molar-refractivity contribution in [3.8, 4) is 56.4 Å². The molecule has 0 atom stereocenters. The van der Waals surface area contributed by atoms with Gasteiger partial charge in [-0.1, -0.05) is 60.7 Å². The molecule has 0 aliphatic carbocycles. The number of hydrogen-bond donors (Lipinski definition) is 0. The number of pyridine rings is 1. The molecule has 6 nitrogen and oxygen atoms in total. The molecule has 9 aromatic carbocycles. The van der Waals surface area contributed by atoms with Gasteiger partial charge in [0.1, 0.15) is 0 Å². The normalized spacial score (nSPS) is 14.9. The summed E-state index contributed by atoms with van der Waals surface area (Å²) in [5.41, 5.74) is 8.84. The number of hydrogen-bond acceptors (Lipinski definition) is 3. The Labute approximate surface area is 472 Å². The summed E-state index contributed by atoms with van der Waals surface area (Å²) in [6.07, 6.45) is -2.22. The van der Waals surface area contributed by atoms with Crippen molar-refractivity contribution in [2.45, 2.75) is 46.4 Å². The Morgan fingerprint density at radius 3 is 1.95 bits per heavy atom. The first kappa shape index (κ1) is 35.9. The van der Waals surface area contributed by atoms with Crippen LogP contribution in [0.5, 0.6) is 11.6 Å². The van der Waals surface area contributed by atoms with E-state index in [0.717, 1.165) is 60.7 Å². The molecule has 13 rings (SSSR count). The van der Waals surface area contributed by atoms with Crippen LogP contribution in [-0.2, 0) is 31.1 Å². The van der Waals surface area contributed by atoms with Crippen molar-refractivity contribution in [2.75, 3.05) is 4.81 Å². The first-order chi connectivity index (χ1) is 42.0. The SMILES string of the molecule is [2H]c1c([2H])c([2H])c(-c2cccc(-c3ccc(C(C)(C)C)cc3)c2-n2[c](=[Pt])n(-c3cccc(Oc4nc(N5B(c6ccccc6)n6c7ccccc7c7cccc5c76)cc(C([2H])([2H])C(C)C)c4-c4c([2H])c([2H])c([2H])c([2H])c4[2H])c3)c3ccccc32)c([2H])c1[2H]. The van der Waals surface area contributed by atoms with Gasteiger partial charge in [-0.15, -0.1) is 0 Å². The molecule has 0 saturated heterocycles. The van der Waals surface area contributed by atoms with Crippen molar-refractivity contribution in [1.82, 2.24) is 18.6 Å². The maximum atomic E-state index is 9.98. The third-order valence-electron chi connectivity index (χ3n) is 14.1. The van der Waals surface area contributed by atoms with Crippen molar-refractivity contribution < 1.29 is 40.5 Å². The number of fused-ring (bicyclic) bond motifs is 4. The summed E-state index contributed by atoms with van der Waals surface area (Å²) in [4.78, 5) is 7.43. The monoisotopic (exact) mass is 1180 g/mol. The van der Waals surface area contributed by atoms with Crippen LogP contribution in [0.25, 0.3) is 77.6 Å². The number of anilines is 2. The first-order valence-electron chi connectivity index (χ1n) is 31.3. The van der Waals surface area contributed by atoms with Crippen LogP contribution in [0.3, 0.4) is 0 Å². The molecule has 0 unspecified atom stereocenters. The fourth-order valence-corrected chi connectivity index (χ4v) is 11.9. The van der Waals surface area contributed by atoms with Gasteiger partial charge in [-0.05, 0) is 6.07 Å². The van der Waals surface area contributed by atoms with E-state index in [2.05, 4.69) is 79.7 Å². The van der Waals surface area contributed by atoms with E-state index in [0.29, 0.717) is 20.7 Å². The van der Waals surface area contributed by atoms with E-state index < -0.39 is 67.6 Å². The third-order valence-corrected chi connectivity index (χ3v) is 15.1. The second-order valence-electron chi connectivity index (χ2n) is 20.3. The quantitative estimate of drug-likeness (QED) is 0.121. The Morgan fingerprint density at radius 2 is 1.24 bits per heavy atom. The van der Waals surface area contributed by atoms with Gasteiger partial charge < -0.3 is 0 Å². The van der Waals surface area contributed by atoms with E-state index in [-0.39, 0.29) is 57.2 Å². The zero-order valence-corrected chi connectivity index (χ0v) is 44.6. The summed E-state index contributed by atoms with van der Waals surface area (Å²) < 4.78 is 124. The Bertz CT molecular complexity index is 4890. The van der Waals surface area contributed by atoms with Crippen LogP contribution in [0.2, 0.25) is 0 Å². The van der Waals surface area contributed by atoms with Crippen molar-refractivity contribution >= 4 is 56.8 Å². The van der Waals surface area contributed by atoms with Crippen LogP contribution in [0.1, 0.15) is 62.2 Å². The topological polar surface area (TPSA) is 40.1 Å². The van der Waals surface area contributed by atoms with Crippen molar-refractivity contribution in [1.29, 1.82) is 0 Å². The van der Waals surface area contributed by atoms with Crippen molar-refractivity contribution in [3.63, 3.8) is 0 Å². The second-order valence-corrected chi connectivity index (χ2v) is 21.3. The summed E-state index contributed by atoms with van der Waals surface area (Å²) in [6.45, 7) is 9.35. The van der Waals surface area contributed by atoms with Crippen LogP contribution >= 0.6 is 0 Å². The second kappa shape index (κ2) is 19.2. The molecule has 0 bridgehead atoms. The van der Waals surface area contributed by atoms with Gasteiger partial charge in [0, 0.05) is 16.3 Å². The van der Waals surface area contributed by atoms with Crippen LogP contribution < -0.4 is 15.0 Å². The fourth-order valence-electron chi connectivity index (χ4n) is 10.8. The summed E-state index contributed by atoms with van der Waals surface area (Å²) >= 11 is 2.26. The predicted molar refractivity (Wildman–Crippen MR) is 313 cm³/mol. The predicted octanol–water partition coefficient (Wildman–Crippen LogP) is 16.7. The number of benzene rings is 9. The van der Waals surface area contributed by atoms with Gasteiger partial charge in [0.2, 0.25) is 0 Å². The number of rotatable bonds is 11. The zero-order chi connectivity index (χ0) is 62.2. The zero-order valence-electron chi connectivity index (χ0n) is 54.3.